The van der Waals surface area contributed by atoms with Gasteiger partial charge in [0.2, 0.25) is 5.78 Å². The van der Waals surface area contributed by atoms with E-state index >= 15 is 0 Å². The van der Waals surface area contributed by atoms with Crippen molar-refractivity contribution in [2.45, 2.75) is 0 Å². The van der Waals surface area contributed by atoms with Gasteiger partial charge in [0, 0.05) is 11.6 Å². The Bertz CT molecular complexity index is 392. The number of carbonyl (C=O) groups is 1. The summed E-state index contributed by atoms with van der Waals surface area (Å²) in [5, 5.41) is 3.57. The lowest BCUT2D eigenvalue weighted by Gasteiger charge is -1.93. The lowest BCUT2D eigenvalue weighted by atomic mass is 10.1. The van der Waals surface area contributed by atoms with Crippen LogP contribution in [0.15, 0.2) is 47.2 Å². The summed E-state index contributed by atoms with van der Waals surface area (Å²) in [6.45, 7) is 0. The monoisotopic (exact) mass is 173 g/mol. The Morgan fingerprint density at radius 2 is 1.92 bits per heavy atom. The molecule has 0 fully saturated rings. The van der Waals surface area contributed by atoms with Crippen molar-refractivity contribution in [3.05, 3.63) is 53.9 Å². The SMILES string of the molecule is O=C(c1ccccc1)c1ccon1. The van der Waals surface area contributed by atoms with Gasteiger partial charge in [-0.05, 0) is 0 Å². The van der Waals surface area contributed by atoms with E-state index in [0.29, 0.717) is 11.3 Å². The largest absolute Gasteiger partial charge is 0.364 e. The van der Waals surface area contributed by atoms with Crippen LogP contribution < -0.4 is 0 Å². The Morgan fingerprint density at radius 3 is 2.54 bits per heavy atom. The zero-order valence-electron chi connectivity index (χ0n) is 6.81. The van der Waals surface area contributed by atoms with Crippen molar-refractivity contribution in [2.75, 3.05) is 0 Å². The third kappa shape index (κ3) is 1.49. The highest BCUT2D eigenvalue weighted by molar-refractivity contribution is 6.07. The number of ketones is 1. The number of rotatable bonds is 2. The van der Waals surface area contributed by atoms with E-state index in [9.17, 15) is 4.79 Å². The number of hydrogen-bond donors (Lipinski definition) is 0. The molecular weight excluding hydrogens is 166 g/mol. The van der Waals surface area contributed by atoms with E-state index in [-0.39, 0.29) is 5.78 Å². The predicted molar refractivity (Wildman–Crippen MR) is 46.4 cm³/mol. The fourth-order valence-corrected chi connectivity index (χ4v) is 1.07. The van der Waals surface area contributed by atoms with E-state index in [0.717, 1.165) is 0 Å². The molecule has 0 aliphatic carbocycles. The van der Waals surface area contributed by atoms with Crippen LogP contribution in [0.5, 0.6) is 0 Å². The summed E-state index contributed by atoms with van der Waals surface area (Å²) >= 11 is 0. The van der Waals surface area contributed by atoms with Crippen LogP contribution in [0.3, 0.4) is 0 Å². The maximum atomic E-state index is 11.6. The number of carbonyl (C=O) groups excluding carboxylic acids is 1. The molecule has 2 rings (SSSR count). The molecular formula is C10H7NO2. The van der Waals surface area contributed by atoms with E-state index < -0.39 is 0 Å². The molecule has 0 saturated carbocycles. The molecule has 0 spiro atoms. The lowest BCUT2D eigenvalue weighted by molar-refractivity contribution is 0.103. The maximum absolute atomic E-state index is 11.6. The molecule has 0 radical (unpaired) electrons. The van der Waals surface area contributed by atoms with Crippen molar-refractivity contribution in [3.63, 3.8) is 0 Å². The van der Waals surface area contributed by atoms with Gasteiger partial charge in [0.1, 0.15) is 6.26 Å². The lowest BCUT2D eigenvalue weighted by Crippen LogP contribution is -2.00. The van der Waals surface area contributed by atoms with Gasteiger partial charge in [-0.25, -0.2) is 0 Å². The van der Waals surface area contributed by atoms with Gasteiger partial charge >= 0.3 is 0 Å². The first-order chi connectivity index (χ1) is 6.38. The molecule has 0 atom stereocenters. The maximum Gasteiger partial charge on any atom is 0.214 e. The molecule has 13 heavy (non-hydrogen) atoms. The van der Waals surface area contributed by atoms with Crippen molar-refractivity contribution in [1.29, 1.82) is 0 Å². The minimum atomic E-state index is -0.116. The Kier molecular flexibility index (Phi) is 1.92. The molecule has 3 nitrogen and oxygen atoms in total. The number of aromatic nitrogens is 1. The van der Waals surface area contributed by atoms with Gasteiger partial charge in [-0.15, -0.1) is 0 Å². The van der Waals surface area contributed by atoms with Gasteiger partial charge in [-0.3, -0.25) is 4.79 Å². The van der Waals surface area contributed by atoms with Crippen LogP contribution in [0.2, 0.25) is 0 Å². The first kappa shape index (κ1) is 7.73. The summed E-state index contributed by atoms with van der Waals surface area (Å²) in [5.41, 5.74) is 0.961. The van der Waals surface area contributed by atoms with Crippen molar-refractivity contribution < 1.29 is 9.32 Å². The van der Waals surface area contributed by atoms with Gasteiger partial charge in [0.05, 0.1) is 0 Å². The van der Waals surface area contributed by atoms with Crippen LogP contribution >= 0.6 is 0 Å². The summed E-state index contributed by atoms with van der Waals surface area (Å²) in [7, 11) is 0. The highest BCUT2D eigenvalue weighted by Gasteiger charge is 2.10. The molecule has 0 aliphatic rings. The Hall–Kier alpha value is -1.90. The van der Waals surface area contributed by atoms with Gasteiger partial charge in [-0.2, -0.15) is 0 Å². The molecule has 64 valence electrons. The molecule has 2 aromatic rings. The summed E-state index contributed by atoms with van der Waals surface area (Å²) in [6, 6.07) is 10.5. The van der Waals surface area contributed by atoms with E-state index in [1.807, 2.05) is 18.2 Å². The third-order valence-electron chi connectivity index (χ3n) is 1.71. The average molecular weight is 173 g/mol. The molecule has 0 amide bonds. The molecule has 0 unspecified atom stereocenters. The van der Waals surface area contributed by atoms with Crippen LogP contribution in [0.1, 0.15) is 16.1 Å². The number of benzene rings is 1. The Balaban J connectivity index is 2.34. The third-order valence-corrected chi connectivity index (χ3v) is 1.71. The summed E-state index contributed by atoms with van der Waals surface area (Å²) in [4.78, 5) is 11.6. The first-order valence-corrected chi connectivity index (χ1v) is 3.88. The molecule has 1 aromatic heterocycles. The molecule has 0 bridgehead atoms. The topological polar surface area (TPSA) is 43.1 Å². The number of nitrogens with zero attached hydrogens (tertiary/aromatic N) is 1. The second-order valence-electron chi connectivity index (χ2n) is 2.58. The van der Waals surface area contributed by atoms with Gasteiger partial charge < -0.3 is 4.52 Å². The Labute approximate surface area is 75.0 Å². The standard InChI is InChI=1S/C10H7NO2/c12-10(9-6-7-13-11-9)8-4-2-1-3-5-8/h1-7H. The van der Waals surface area contributed by atoms with E-state index in [1.165, 1.54) is 6.26 Å². The van der Waals surface area contributed by atoms with Crippen molar-refractivity contribution in [1.82, 2.24) is 5.16 Å². The quantitative estimate of drug-likeness (QED) is 0.651. The highest BCUT2D eigenvalue weighted by Crippen LogP contribution is 2.06. The highest BCUT2D eigenvalue weighted by atomic mass is 16.5. The molecule has 3 heteroatoms. The smallest absolute Gasteiger partial charge is 0.214 e. The van der Waals surface area contributed by atoms with Crippen LogP contribution in [0.25, 0.3) is 0 Å². The summed E-state index contributed by atoms with van der Waals surface area (Å²) in [6.07, 6.45) is 1.39. The normalized spacial score (nSPS) is 9.85. The summed E-state index contributed by atoms with van der Waals surface area (Å²) < 4.78 is 4.59. The first-order valence-electron chi connectivity index (χ1n) is 3.88. The second kappa shape index (κ2) is 3.23. The van der Waals surface area contributed by atoms with Crippen LogP contribution in [-0.4, -0.2) is 10.9 Å². The fraction of sp³-hybridized carbons (Fsp3) is 0. The van der Waals surface area contributed by atoms with Gasteiger partial charge in [-0.1, -0.05) is 35.5 Å². The fourth-order valence-electron chi connectivity index (χ4n) is 1.07. The summed E-state index contributed by atoms with van der Waals surface area (Å²) in [5.74, 6) is -0.116. The average Bonchev–Trinajstić information content (AvgIpc) is 2.71. The van der Waals surface area contributed by atoms with Crippen LogP contribution in [0, 0.1) is 0 Å². The van der Waals surface area contributed by atoms with Crippen molar-refractivity contribution in [3.8, 4) is 0 Å². The zero-order valence-corrected chi connectivity index (χ0v) is 6.81. The predicted octanol–water partition coefficient (Wildman–Crippen LogP) is 1.91. The van der Waals surface area contributed by atoms with Crippen LogP contribution in [0.4, 0.5) is 0 Å². The van der Waals surface area contributed by atoms with E-state index in [1.54, 1.807) is 18.2 Å². The van der Waals surface area contributed by atoms with Crippen molar-refractivity contribution in [2.24, 2.45) is 0 Å². The van der Waals surface area contributed by atoms with E-state index in [2.05, 4.69) is 9.68 Å². The second-order valence-corrected chi connectivity index (χ2v) is 2.58. The molecule has 0 aliphatic heterocycles. The minimum Gasteiger partial charge on any atom is -0.364 e. The van der Waals surface area contributed by atoms with Gasteiger partial charge in [0.15, 0.2) is 5.69 Å². The van der Waals surface area contributed by atoms with Gasteiger partial charge in [0.25, 0.3) is 0 Å². The minimum absolute atomic E-state index is 0.116. The molecule has 0 saturated heterocycles. The molecule has 1 aromatic carbocycles. The van der Waals surface area contributed by atoms with E-state index in [4.69, 9.17) is 0 Å². The molecule has 0 N–H and O–H groups in total. The molecule has 1 heterocycles. The Morgan fingerprint density at radius 1 is 1.15 bits per heavy atom. The number of hydrogen-bond acceptors (Lipinski definition) is 3. The van der Waals surface area contributed by atoms with Crippen LogP contribution in [-0.2, 0) is 0 Å². The zero-order chi connectivity index (χ0) is 9.10. The van der Waals surface area contributed by atoms with Crippen molar-refractivity contribution >= 4 is 5.78 Å².